The number of benzene rings is 2. The van der Waals surface area contributed by atoms with Crippen LogP contribution >= 0.6 is 0 Å². The van der Waals surface area contributed by atoms with Gasteiger partial charge in [0.1, 0.15) is 11.5 Å². The average Bonchev–Trinajstić information content (AvgIpc) is 2.71. The second-order valence-electron chi connectivity index (χ2n) is 6.12. The molecule has 0 aliphatic carbocycles. The number of hydrogen-bond acceptors (Lipinski definition) is 7. The molecule has 2 rings (SSSR count). The lowest BCUT2D eigenvalue weighted by Crippen LogP contribution is -2.21. The molecular formula is C20H22N2O7. The number of hydrogen-bond donors (Lipinski definition) is 1. The van der Waals surface area contributed by atoms with Crippen molar-refractivity contribution in [1.29, 1.82) is 0 Å². The summed E-state index contributed by atoms with van der Waals surface area (Å²) in [4.78, 5) is 33.9. The van der Waals surface area contributed by atoms with Crippen molar-refractivity contribution in [3.8, 4) is 11.5 Å². The van der Waals surface area contributed by atoms with Gasteiger partial charge in [0.05, 0.1) is 30.4 Å². The number of esters is 1. The van der Waals surface area contributed by atoms with Gasteiger partial charge in [0.25, 0.3) is 11.6 Å². The van der Waals surface area contributed by atoms with Gasteiger partial charge in [-0.1, -0.05) is 17.7 Å². The fourth-order valence-electron chi connectivity index (χ4n) is 2.34. The van der Waals surface area contributed by atoms with E-state index in [1.165, 1.54) is 25.3 Å². The molecule has 0 aliphatic rings. The summed E-state index contributed by atoms with van der Waals surface area (Å²) < 4.78 is 15.5. The van der Waals surface area contributed by atoms with Crippen LogP contribution in [0.4, 0.5) is 11.4 Å². The Morgan fingerprint density at radius 3 is 2.52 bits per heavy atom. The Hall–Kier alpha value is -3.62. The SMILES string of the molecule is COc1cc([N+](=O)[O-])ccc1NC(=O)COC(=O)CCCOc1ccc(C)cc1. The molecule has 1 amide bonds. The quantitative estimate of drug-likeness (QED) is 0.280. The van der Waals surface area contributed by atoms with E-state index in [1.807, 2.05) is 31.2 Å². The highest BCUT2D eigenvalue weighted by Crippen LogP contribution is 2.28. The summed E-state index contributed by atoms with van der Waals surface area (Å²) in [5, 5.41) is 13.3. The molecule has 0 radical (unpaired) electrons. The molecule has 0 saturated carbocycles. The van der Waals surface area contributed by atoms with Crippen molar-refractivity contribution < 1.29 is 28.7 Å². The highest BCUT2D eigenvalue weighted by molar-refractivity contribution is 5.94. The normalized spacial score (nSPS) is 10.1. The molecule has 0 atom stereocenters. The minimum Gasteiger partial charge on any atom is -0.494 e. The Balaban J connectivity index is 1.71. The molecule has 2 aromatic carbocycles. The third kappa shape index (κ3) is 7.13. The largest absolute Gasteiger partial charge is 0.494 e. The van der Waals surface area contributed by atoms with Gasteiger partial charge in [-0.25, -0.2) is 0 Å². The number of aryl methyl sites for hydroxylation is 1. The molecule has 0 saturated heterocycles. The summed E-state index contributed by atoms with van der Waals surface area (Å²) >= 11 is 0. The van der Waals surface area contributed by atoms with E-state index < -0.39 is 23.4 Å². The van der Waals surface area contributed by atoms with E-state index in [9.17, 15) is 19.7 Å². The number of nitro benzene ring substituents is 1. The monoisotopic (exact) mass is 402 g/mol. The molecule has 0 aromatic heterocycles. The fourth-order valence-corrected chi connectivity index (χ4v) is 2.34. The van der Waals surface area contributed by atoms with E-state index in [1.54, 1.807) is 0 Å². The average molecular weight is 402 g/mol. The van der Waals surface area contributed by atoms with E-state index >= 15 is 0 Å². The zero-order chi connectivity index (χ0) is 21.2. The number of carbonyl (C=O) groups is 2. The molecule has 0 fully saturated rings. The van der Waals surface area contributed by atoms with Gasteiger partial charge in [-0.05, 0) is 31.5 Å². The summed E-state index contributed by atoms with van der Waals surface area (Å²) in [5.41, 5.74) is 1.20. The molecule has 1 N–H and O–H groups in total. The third-order valence-corrected chi connectivity index (χ3v) is 3.85. The van der Waals surface area contributed by atoms with Gasteiger partial charge in [-0.3, -0.25) is 19.7 Å². The first kappa shape index (κ1) is 21.7. The van der Waals surface area contributed by atoms with Crippen LogP contribution in [0.5, 0.6) is 11.5 Å². The second-order valence-corrected chi connectivity index (χ2v) is 6.12. The number of carbonyl (C=O) groups excluding carboxylic acids is 2. The number of anilines is 1. The van der Waals surface area contributed by atoms with Crippen LogP contribution in [0.25, 0.3) is 0 Å². The topological polar surface area (TPSA) is 117 Å². The smallest absolute Gasteiger partial charge is 0.306 e. The Morgan fingerprint density at radius 1 is 1.14 bits per heavy atom. The predicted molar refractivity (Wildman–Crippen MR) is 105 cm³/mol. The van der Waals surface area contributed by atoms with Gasteiger partial charge in [0.15, 0.2) is 6.61 Å². The molecule has 0 unspecified atom stereocenters. The third-order valence-electron chi connectivity index (χ3n) is 3.85. The molecule has 9 heteroatoms. The molecule has 9 nitrogen and oxygen atoms in total. The van der Waals surface area contributed by atoms with E-state index in [4.69, 9.17) is 14.2 Å². The number of nitrogens with zero attached hydrogens (tertiary/aromatic N) is 1. The maximum absolute atomic E-state index is 11.9. The predicted octanol–water partition coefficient (Wildman–Crippen LogP) is 3.25. The van der Waals surface area contributed by atoms with Crippen LogP contribution < -0.4 is 14.8 Å². The minimum atomic E-state index is -0.582. The molecular weight excluding hydrogens is 380 g/mol. The molecule has 0 heterocycles. The maximum Gasteiger partial charge on any atom is 0.306 e. The first-order chi connectivity index (χ1) is 13.9. The standard InChI is InChI=1S/C20H22N2O7/c1-14-5-8-16(9-6-14)28-11-3-4-20(24)29-13-19(23)21-17-10-7-15(22(25)26)12-18(17)27-2/h5-10,12H,3-4,11,13H2,1-2H3,(H,21,23). The van der Waals surface area contributed by atoms with Crippen LogP contribution in [0.15, 0.2) is 42.5 Å². The van der Waals surface area contributed by atoms with Crippen molar-refractivity contribution in [1.82, 2.24) is 0 Å². The highest BCUT2D eigenvalue weighted by atomic mass is 16.6. The zero-order valence-electron chi connectivity index (χ0n) is 16.2. The lowest BCUT2D eigenvalue weighted by atomic mass is 10.2. The fraction of sp³-hybridized carbons (Fsp3) is 0.300. The molecule has 0 aliphatic heterocycles. The highest BCUT2D eigenvalue weighted by Gasteiger charge is 2.14. The first-order valence-electron chi connectivity index (χ1n) is 8.86. The summed E-state index contributed by atoms with van der Waals surface area (Å²) in [6.45, 7) is 1.86. The van der Waals surface area contributed by atoms with Gasteiger partial charge < -0.3 is 19.5 Å². The van der Waals surface area contributed by atoms with Gasteiger partial charge in [0, 0.05) is 12.5 Å². The van der Waals surface area contributed by atoms with Crippen molar-refractivity contribution in [3.05, 3.63) is 58.1 Å². The van der Waals surface area contributed by atoms with E-state index in [0.29, 0.717) is 13.0 Å². The first-order valence-corrected chi connectivity index (χ1v) is 8.86. The Labute approximate surface area is 167 Å². The molecule has 0 bridgehead atoms. The van der Waals surface area contributed by atoms with Crippen LogP contribution in [0, 0.1) is 17.0 Å². The lowest BCUT2D eigenvalue weighted by Gasteiger charge is -2.10. The summed E-state index contributed by atoms with van der Waals surface area (Å²) in [6.07, 6.45) is 0.560. The van der Waals surface area contributed by atoms with Crippen molar-refractivity contribution >= 4 is 23.3 Å². The molecule has 0 spiro atoms. The molecule has 2 aromatic rings. The van der Waals surface area contributed by atoms with Crippen LogP contribution in [0.2, 0.25) is 0 Å². The van der Waals surface area contributed by atoms with Crippen molar-refractivity contribution in [2.24, 2.45) is 0 Å². The summed E-state index contributed by atoms with van der Waals surface area (Å²) in [6, 6.07) is 11.3. The van der Waals surface area contributed by atoms with Gasteiger partial charge >= 0.3 is 5.97 Å². The Morgan fingerprint density at radius 2 is 1.86 bits per heavy atom. The van der Waals surface area contributed by atoms with Crippen molar-refractivity contribution in [2.75, 3.05) is 25.6 Å². The summed E-state index contributed by atoms with van der Waals surface area (Å²) in [5.74, 6) is -0.253. The van der Waals surface area contributed by atoms with E-state index in [-0.39, 0.29) is 23.5 Å². The van der Waals surface area contributed by atoms with E-state index in [2.05, 4.69) is 5.32 Å². The number of amides is 1. The van der Waals surface area contributed by atoms with Crippen LogP contribution in [0.1, 0.15) is 18.4 Å². The zero-order valence-corrected chi connectivity index (χ0v) is 16.2. The number of rotatable bonds is 10. The number of ether oxygens (including phenoxy) is 3. The van der Waals surface area contributed by atoms with E-state index in [0.717, 1.165) is 11.3 Å². The van der Waals surface area contributed by atoms with Gasteiger partial charge in [-0.2, -0.15) is 0 Å². The van der Waals surface area contributed by atoms with Crippen LogP contribution in [0.3, 0.4) is 0 Å². The van der Waals surface area contributed by atoms with Crippen LogP contribution in [-0.2, 0) is 14.3 Å². The van der Waals surface area contributed by atoms with Crippen LogP contribution in [-0.4, -0.2) is 37.1 Å². The van der Waals surface area contributed by atoms with Gasteiger partial charge in [-0.15, -0.1) is 0 Å². The maximum atomic E-state index is 11.9. The van der Waals surface area contributed by atoms with Gasteiger partial charge in [0.2, 0.25) is 0 Å². The Bertz CT molecular complexity index is 866. The van der Waals surface area contributed by atoms with Crippen molar-refractivity contribution in [2.45, 2.75) is 19.8 Å². The minimum absolute atomic E-state index is 0.111. The number of nitro groups is 1. The second kappa shape index (κ2) is 10.6. The molecule has 29 heavy (non-hydrogen) atoms. The number of non-ortho nitro benzene ring substituents is 1. The molecule has 154 valence electrons. The number of nitrogens with one attached hydrogen (secondary N) is 1. The Kier molecular flexibility index (Phi) is 7.96. The summed E-state index contributed by atoms with van der Waals surface area (Å²) in [7, 11) is 1.33. The van der Waals surface area contributed by atoms with Crippen molar-refractivity contribution in [3.63, 3.8) is 0 Å². The number of methoxy groups -OCH3 is 1. The lowest BCUT2D eigenvalue weighted by molar-refractivity contribution is -0.384.